The third kappa shape index (κ3) is 11.6. The van der Waals surface area contributed by atoms with Crippen LogP contribution in [0.2, 0.25) is 0 Å². The lowest BCUT2D eigenvalue weighted by Gasteiger charge is -2.56. The zero-order valence-electron chi connectivity index (χ0n) is 33.0. The first-order valence-electron chi connectivity index (χ1n) is 21.6. The molecule has 8 fully saturated rings. The highest BCUT2D eigenvalue weighted by molar-refractivity contribution is 5.71. The fourth-order valence-electron chi connectivity index (χ4n) is 12.3. The number of carbonyl (C=O) groups is 4. The number of ether oxygens (including phenoxy) is 5. The predicted octanol–water partition coefficient (Wildman–Crippen LogP) is 8.28. The summed E-state index contributed by atoms with van der Waals surface area (Å²) >= 11 is 0. The van der Waals surface area contributed by atoms with Crippen LogP contribution in [-0.4, -0.2) is 81.6 Å². The normalized spacial score (nSPS) is 32.2. The number of carbonyl (C=O) groups excluding carboxylic acids is 4. The van der Waals surface area contributed by atoms with Gasteiger partial charge in [0.05, 0.1) is 25.6 Å². The van der Waals surface area contributed by atoms with E-state index in [1.54, 1.807) is 0 Å². The second-order valence-electron chi connectivity index (χ2n) is 18.5. The second-order valence-corrected chi connectivity index (χ2v) is 18.5. The quantitative estimate of drug-likeness (QED) is 0.0543. The summed E-state index contributed by atoms with van der Waals surface area (Å²) in [4.78, 5) is 52.7. The van der Waals surface area contributed by atoms with E-state index in [0.29, 0.717) is 37.7 Å². The lowest BCUT2D eigenvalue weighted by molar-refractivity contribution is -0.155. The molecule has 10 heteroatoms. The number of rotatable bonds is 24. The monoisotopic (exact) mass is 743 g/mol. The molecular weight excluding hydrogens is 674 g/mol. The summed E-state index contributed by atoms with van der Waals surface area (Å²) in [6, 6.07) is 0. The molecule has 0 spiro atoms. The van der Waals surface area contributed by atoms with Crippen LogP contribution in [0.3, 0.4) is 0 Å². The van der Waals surface area contributed by atoms with Crippen molar-refractivity contribution in [3.63, 3.8) is 0 Å². The average molecular weight is 744 g/mol. The van der Waals surface area contributed by atoms with Crippen molar-refractivity contribution in [3.8, 4) is 0 Å². The van der Waals surface area contributed by atoms with Gasteiger partial charge in [-0.15, -0.1) is 0 Å². The van der Waals surface area contributed by atoms with E-state index in [2.05, 4.69) is 18.7 Å². The van der Waals surface area contributed by atoms with Crippen molar-refractivity contribution >= 4 is 24.1 Å². The van der Waals surface area contributed by atoms with Gasteiger partial charge in [0, 0.05) is 19.4 Å². The van der Waals surface area contributed by atoms with Gasteiger partial charge in [-0.05, 0) is 156 Å². The van der Waals surface area contributed by atoms with Gasteiger partial charge in [0.15, 0.2) is 0 Å². The minimum Gasteiger partial charge on any atom is -0.466 e. The Labute approximate surface area is 318 Å². The third-order valence-corrected chi connectivity index (χ3v) is 14.3. The minimum absolute atomic E-state index is 0.00614. The minimum atomic E-state index is -0.767. The molecule has 0 aliphatic heterocycles. The Morgan fingerprint density at radius 1 is 0.566 bits per heavy atom. The Hall–Kier alpha value is -2.36. The van der Waals surface area contributed by atoms with Gasteiger partial charge in [-0.3, -0.25) is 14.4 Å². The highest BCUT2D eigenvalue weighted by Crippen LogP contribution is 2.65. The maximum Gasteiger partial charge on any atom is 0.508 e. The van der Waals surface area contributed by atoms with Crippen LogP contribution in [0.15, 0.2) is 0 Å². The number of hydrogen-bond acceptors (Lipinski definition) is 10. The van der Waals surface area contributed by atoms with E-state index in [1.807, 2.05) is 0 Å². The first-order valence-corrected chi connectivity index (χ1v) is 21.6. The Kier molecular flexibility index (Phi) is 14.4. The summed E-state index contributed by atoms with van der Waals surface area (Å²) in [5.41, 5.74) is 0.529. The second kappa shape index (κ2) is 19.0. The molecule has 0 heterocycles. The SMILES string of the molecule is CCN(CC)CCCOC(=O)OCC(COC(=O)CCCCCCC(=O)OCCC12CC3CC(C1)C(C3)C2)COC(=O)CC12CC3CC(CC(C3)C1)C2. The van der Waals surface area contributed by atoms with Crippen molar-refractivity contribution in [2.45, 2.75) is 142 Å². The molecule has 0 saturated heterocycles. The Balaban J connectivity index is 0.843. The van der Waals surface area contributed by atoms with E-state index >= 15 is 0 Å². The topological polar surface area (TPSA) is 118 Å². The molecule has 0 aromatic carbocycles. The first kappa shape index (κ1) is 40.3. The van der Waals surface area contributed by atoms with E-state index in [4.69, 9.17) is 23.7 Å². The molecule has 8 aliphatic rings. The maximum absolute atomic E-state index is 13.1. The molecule has 0 N–H and O–H groups in total. The van der Waals surface area contributed by atoms with E-state index < -0.39 is 12.1 Å². The Bertz CT molecular complexity index is 1180. The molecule has 0 radical (unpaired) electrons. The van der Waals surface area contributed by atoms with E-state index in [9.17, 15) is 19.2 Å². The van der Waals surface area contributed by atoms with Crippen molar-refractivity contribution < 1.29 is 42.9 Å². The number of hydrogen-bond donors (Lipinski definition) is 0. The molecule has 10 nitrogen and oxygen atoms in total. The fourth-order valence-corrected chi connectivity index (χ4v) is 12.3. The highest BCUT2D eigenvalue weighted by atomic mass is 16.7. The van der Waals surface area contributed by atoms with Crippen LogP contribution in [0.4, 0.5) is 4.79 Å². The Morgan fingerprint density at radius 3 is 1.68 bits per heavy atom. The molecular formula is C43H69NO9. The summed E-state index contributed by atoms with van der Waals surface area (Å²) in [6.07, 6.45) is 19.5. The van der Waals surface area contributed by atoms with E-state index in [-0.39, 0.29) is 56.2 Å². The fraction of sp³-hybridized carbons (Fsp3) is 0.907. The summed E-state index contributed by atoms with van der Waals surface area (Å²) in [6.45, 7) is 7.70. The largest absolute Gasteiger partial charge is 0.508 e. The van der Waals surface area contributed by atoms with Gasteiger partial charge >= 0.3 is 24.1 Å². The number of esters is 3. The van der Waals surface area contributed by atoms with Crippen molar-refractivity contribution in [1.82, 2.24) is 4.90 Å². The first-order chi connectivity index (χ1) is 25.6. The van der Waals surface area contributed by atoms with Crippen LogP contribution in [0.25, 0.3) is 0 Å². The van der Waals surface area contributed by atoms with Crippen LogP contribution < -0.4 is 0 Å². The van der Waals surface area contributed by atoms with Gasteiger partial charge in [-0.1, -0.05) is 26.7 Å². The van der Waals surface area contributed by atoms with Gasteiger partial charge < -0.3 is 28.6 Å². The molecule has 0 amide bonds. The third-order valence-electron chi connectivity index (χ3n) is 14.3. The van der Waals surface area contributed by atoms with Crippen LogP contribution >= 0.6 is 0 Å². The molecule has 0 aromatic rings. The van der Waals surface area contributed by atoms with E-state index in [1.165, 1.54) is 51.4 Å². The zero-order chi connectivity index (χ0) is 37.3. The molecule has 8 aliphatic carbocycles. The molecule has 8 bridgehead atoms. The summed E-state index contributed by atoms with van der Waals surface area (Å²) in [7, 11) is 0. The summed E-state index contributed by atoms with van der Waals surface area (Å²) in [5.74, 6) is 3.94. The van der Waals surface area contributed by atoms with Gasteiger partial charge in [0.25, 0.3) is 0 Å². The van der Waals surface area contributed by atoms with Crippen molar-refractivity contribution in [2.75, 3.05) is 52.7 Å². The maximum atomic E-state index is 13.1. The van der Waals surface area contributed by atoms with Crippen LogP contribution in [0, 0.1) is 52.3 Å². The Morgan fingerprint density at radius 2 is 1.09 bits per heavy atom. The van der Waals surface area contributed by atoms with Crippen LogP contribution in [-0.2, 0) is 38.1 Å². The molecule has 3 atom stereocenters. The smallest absolute Gasteiger partial charge is 0.466 e. The van der Waals surface area contributed by atoms with Gasteiger partial charge in [0.1, 0.15) is 19.8 Å². The van der Waals surface area contributed by atoms with Gasteiger partial charge in [0.2, 0.25) is 0 Å². The van der Waals surface area contributed by atoms with Crippen LogP contribution in [0.1, 0.15) is 142 Å². The van der Waals surface area contributed by atoms with Gasteiger partial charge in [-0.2, -0.15) is 0 Å². The van der Waals surface area contributed by atoms with Crippen LogP contribution in [0.5, 0.6) is 0 Å². The summed E-state index contributed by atoms with van der Waals surface area (Å²) in [5, 5.41) is 0. The highest BCUT2D eigenvalue weighted by Gasteiger charge is 2.55. The molecule has 53 heavy (non-hydrogen) atoms. The number of unbranched alkanes of at least 4 members (excludes halogenated alkanes) is 3. The molecule has 0 aromatic heterocycles. The molecule has 8 rings (SSSR count). The van der Waals surface area contributed by atoms with Crippen molar-refractivity contribution in [3.05, 3.63) is 0 Å². The van der Waals surface area contributed by atoms with Crippen molar-refractivity contribution in [2.24, 2.45) is 52.3 Å². The lowest BCUT2D eigenvalue weighted by atomic mass is 9.49. The lowest BCUT2D eigenvalue weighted by Crippen LogP contribution is -2.47. The molecule has 8 saturated carbocycles. The zero-order valence-corrected chi connectivity index (χ0v) is 33.0. The predicted molar refractivity (Wildman–Crippen MR) is 200 cm³/mol. The van der Waals surface area contributed by atoms with E-state index in [0.717, 1.165) is 100 Å². The molecule has 3 unspecified atom stereocenters. The van der Waals surface area contributed by atoms with Crippen molar-refractivity contribution in [1.29, 1.82) is 0 Å². The van der Waals surface area contributed by atoms with Gasteiger partial charge in [-0.25, -0.2) is 4.79 Å². The summed E-state index contributed by atoms with van der Waals surface area (Å²) < 4.78 is 27.6. The molecule has 300 valence electrons. The average Bonchev–Trinajstić information content (AvgIpc) is 3.53. The standard InChI is InChI=1S/C43H69NO9/c1-3-44(4-2)13-9-14-50-41(48)53-30-35(29-52-40(47)27-43-22-31-16-32(23-43)18-33(17-31)24-43)28-51-39(46)11-8-6-5-7-10-38(45)49-15-12-42-21-34-19-36(25-42)37(20-34)26-42/h31-37H,3-30H2,1-2H3. The number of nitrogens with zero attached hydrogens (tertiary/aromatic N) is 1.